The summed E-state index contributed by atoms with van der Waals surface area (Å²) in [7, 11) is 0. The number of nitrogens with one attached hydrogen (secondary N) is 1. The summed E-state index contributed by atoms with van der Waals surface area (Å²) in [5.41, 5.74) is 3.06. The van der Waals surface area contributed by atoms with Crippen LogP contribution < -0.4 is 10.9 Å². The molecule has 136 valence electrons. The molecular weight excluding hydrogens is 334 g/mol. The molecule has 7 nitrogen and oxygen atoms in total. The van der Waals surface area contributed by atoms with Crippen molar-refractivity contribution in [1.82, 2.24) is 9.88 Å². The van der Waals surface area contributed by atoms with Crippen molar-refractivity contribution in [2.24, 2.45) is 0 Å². The van der Waals surface area contributed by atoms with Crippen LogP contribution in [0.1, 0.15) is 42.5 Å². The molecule has 3 rings (SSSR count). The van der Waals surface area contributed by atoms with Crippen LogP contribution in [-0.4, -0.2) is 15.4 Å². The molecule has 1 aliphatic rings. The zero-order chi connectivity index (χ0) is 18.7. The average Bonchev–Trinajstić information content (AvgIpc) is 2.62. The minimum atomic E-state index is -0.594. The van der Waals surface area contributed by atoms with Crippen molar-refractivity contribution in [1.29, 1.82) is 0 Å². The minimum Gasteiger partial charge on any atom is -0.348 e. The van der Waals surface area contributed by atoms with Gasteiger partial charge in [-0.05, 0) is 49.3 Å². The Balaban J connectivity index is 1.69. The van der Waals surface area contributed by atoms with E-state index in [2.05, 4.69) is 17.4 Å². The van der Waals surface area contributed by atoms with Gasteiger partial charge in [-0.25, -0.2) is 0 Å². The first-order valence-corrected chi connectivity index (χ1v) is 8.70. The number of fused-ring (bicyclic) bond motifs is 1. The lowest BCUT2D eigenvalue weighted by atomic mass is 9.89. The zero-order valence-electron chi connectivity index (χ0n) is 14.6. The molecule has 0 saturated heterocycles. The maximum Gasteiger partial charge on any atom is 0.285 e. The first-order chi connectivity index (χ1) is 12.4. The third-order valence-electron chi connectivity index (χ3n) is 4.74. The van der Waals surface area contributed by atoms with Crippen LogP contribution in [0.3, 0.4) is 0 Å². The molecule has 1 aliphatic carbocycles. The largest absolute Gasteiger partial charge is 0.348 e. The van der Waals surface area contributed by atoms with Crippen LogP contribution in [0.2, 0.25) is 0 Å². The summed E-state index contributed by atoms with van der Waals surface area (Å²) < 4.78 is 1.05. The standard InChI is InChI=1S/C19H21N3O4/c1-13(15-7-6-14-4-2-3-5-16(14)10-15)20-18(23)12-21-11-17(22(25)26)8-9-19(21)24/h6-11,13H,2-5,12H2,1H3,(H,20,23)/t13-/m0/s1. The molecule has 2 aromatic rings. The second-order valence-corrected chi connectivity index (χ2v) is 6.64. The Hall–Kier alpha value is -2.96. The van der Waals surface area contributed by atoms with Crippen molar-refractivity contribution < 1.29 is 9.72 Å². The van der Waals surface area contributed by atoms with Gasteiger partial charge in [0.25, 0.3) is 11.2 Å². The van der Waals surface area contributed by atoms with E-state index in [-0.39, 0.29) is 24.2 Å². The number of pyridine rings is 1. The van der Waals surface area contributed by atoms with Gasteiger partial charge in [0.05, 0.1) is 17.2 Å². The van der Waals surface area contributed by atoms with Crippen LogP contribution in [0.4, 0.5) is 5.69 Å². The van der Waals surface area contributed by atoms with E-state index >= 15 is 0 Å². The summed E-state index contributed by atoms with van der Waals surface area (Å²) in [6.45, 7) is 1.63. The number of hydrogen-bond acceptors (Lipinski definition) is 4. The second-order valence-electron chi connectivity index (χ2n) is 6.64. The number of aromatic nitrogens is 1. The Morgan fingerprint density at radius 2 is 1.96 bits per heavy atom. The van der Waals surface area contributed by atoms with E-state index in [0.29, 0.717) is 0 Å². The van der Waals surface area contributed by atoms with Crippen LogP contribution in [0.15, 0.2) is 41.3 Å². The van der Waals surface area contributed by atoms with E-state index in [9.17, 15) is 19.7 Å². The molecule has 0 aliphatic heterocycles. The maximum atomic E-state index is 12.3. The molecule has 26 heavy (non-hydrogen) atoms. The van der Waals surface area contributed by atoms with E-state index in [0.717, 1.165) is 41.3 Å². The topological polar surface area (TPSA) is 94.2 Å². The summed E-state index contributed by atoms with van der Waals surface area (Å²) in [4.78, 5) is 34.3. The smallest absolute Gasteiger partial charge is 0.285 e. The van der Waals surface area contributed by atoms with Crippen molar-refractivity contribution in [3.05, 3.63) is 73.7 Å². The fourth-order valence-electron chi connectivity index (χ4n) is 3.30. The van der Waals surface area contributed by atoms with Crippen molar-refractivity contribution in [2.75, 3.05) is 0 Å². The Bertz CT molecular complexity index is 904. The highest BCUT2D eigenvalue weighted by Crippen LogP contribution is 2.24. The molecule has 1 atom stereocenters. The van der Waals surface area contributed by atoms with Gasteiger partial charge < -0.3 is 5.32 Å². The normalized spacial score (nSPS) is 14.3. The molecule has 0 fully saturated rings. The molecule has 7 heteroatoms. The fraction of sp³-hybridized carbons (Fsp3) is 0.368. The molecule has 1 N–H and O–H groups in total. The lowest BCUT2D eigenvalue weighted by Crippen LogP contribution is -2.33. The van der Waals surface area contributed by atoms with Gasteiger partial charge in [-0.2, -0.15) is 0 Å². The number of carbonyl (C=O) groups excluding carboxylic acids is 1. The van der Waals surface area contributed by atoms with Gasteiger partial charge in [0, 0.05) is 12.1 Å². The first kappa shape index (κ1) is 17.8. The van der Waals surface area contributed by atoms with E-state index in [4.69, 9.17) is 0 Å². The minimum absolute atomic E-state index is 0.205. The number of carbonyl (C=O) groups is 1. The average molecular weight is 355 g/mol. The Labute approximate surface area is 150 Å². The molecule has 0 saturated carbocycles. The fourth-order valence-corrected chi connectivity index (χ4v) is 3.30. The highest BCUT2D eigenvalue weighted by Gasteiger charge is 2.15. The third kappa shape index (κ3) is 3.99. The number of benzene rings is 1. The second kappa shape index (κ2) is 7.51. The third-order valence-corrected chi connectivity index (χ3v) is 4.74. The highest BCUT2D eigenvalue weighted by atomic mass is 16.6. The lowest BCUT2D eigenvalue weighted by Gasteiger charge is -2.20. The van der Waals surface area contributed by atoms with Gasteiger partial charge in [0.15, 0.2) is 0 Å². The van der Waals surface area contributed by atoms with Gasteiger partial charge >= 0.3 is 0 Å². The van der Waals surface area contributed by atoms with E-state index < -0.39 is 10.5 Å². The predicted molar refractivity (Wildman–Crippen MR) is 97.0 cm³/mol. The number of amides is 1. The zero-order valence-corrected chi connectivity index (χ0v) is 14.6. The molecular formula is C19H21N3O4. The van der Waals surface area contributed by atoms with Gasteiger partial charge in [-0.1, -0.05) is 18.2 Å². The number of nitro groups is 1. The number of nitrogens with zero attached hydrogens (tertiary/aromatic N) is 2. The quantitative estimate of drug-likeness (QED) is 0.658. The number of rotatable bonds is 5. The maximum absolute atomic E-state index is 12.3. The summed E-state index contributed by atoms with van der Waals surface area (Å²) in [6, 6.07) is 8.31. The summed E-state index contributed by atoms with van der Waals surface area (Å²) in [5.74, 6) is -0.363. The molecule has 1 aromatic heterocycles. The van der Waals surface area contributed by atoms with Crippen molar-refractivity contribution in [2.45, 2.75) is 45.2 Å². The Morgan fingerprint density at radius 3 is 2.69 bits per heavy atom. The van der Waals surface area contributed by atoms with E-state index in [1.54, 1.807) is 0 Å². The molecule has 0 radical (unpaired) electrons. The van der Waals surface area contributed by atoms with E-state index in [1.807, 2.05) is 13.0 Å². The van der Waals surface area contributed by atoms with Crippen molar-refractivity contribution in [3.8, 4) is 0 Å². The molecule has 0 bridgehead atoms. The lowest BCUT2D eigenvalue weighted by molar-refractivity contribution is -0.385. The monoisotopic (exact) mass is 355 g/mol. The molecule has 0 spiro atoms. The van der Waals surface area contributed by atoms with Crippen LogP contribution in [0.5, 0.6) is 0 Å². The molecule has 1 amide bonds. The van der Waals surface area contributed by atoms with Crippen LogP contribution in [0, 0.1) is 10.1 Å². The SMILES string of the molecule is C[C@H](NC(=O)Cn1cc([N+](=O)[O-])ccc1=O)c1ccc2c(c1)CCCC2. The van der Waals surface area contributed by atoms with Gasteiger partial charge in [0.1, 0.15) is 6.54 Å². The molecule has 0 unspecified atom stereocenters. The highest BCUT2D eigenvalue weighted by molar-refractivity contribution is 5.76. The summed E-state index contributed by atoms with van der Waals surface area (Å²) in [6.07, 6.45) is 5.66. The predicted octanol–water partition coefficient (Wildman–Crippen LogP) is 2.51. The number of aryl methyl sites for hydroxylation is 2. The van der Waals surface area contributed by atoms with Crippen LogP contribution in [0.25, 0.3) is 0 Å². The van der Waals surface area contributed by atoms with Crippen LogP contribution in [-0.2, 0) is 24.2 Å². The Kier molecular flexibility index (Phi) is 5.16. The Morgan fingerprint density at radius 1 is 1.23 bits per heavy atom. The van der Waals surface area contributed by atoms with Crippen molar-refractivity contribution in [3.63, 3.8) is 0 Å². The molecule has 1 aromatic carbocycles. The van der Waals surface area contributed by atoms with E-state index in [1.165, 1.54) is 24.0 Å². The van der Waals surface area contributed by atoms with Crippen LogP contribution >= 0.6 is 0 Å². The van der Waals surface area contributed by atoms with Gasteiger partial charge in [0.2, 0.25) is 5.91 Å². The van der Waals surface area contributed by atoms with Gasteiger partial charge in [-0.15, -0.1) is 0 Å². The van der Waals surface area contributed by atoms with Gasteiger partial charge in [-0.3, -0.25) is 24.3 Å². The number of hydrogen-bond donors (Lipinski definition) is 1. The summed E-state index contributed by atoms with van der Waals surface area (Å²) in [5, 5.41) is 13.7. The first-order valence-electron chi connectivity index (χ1n) is 8.70. The molecule has 1 heterocycles. The van der Waals surface area contributed by atoms with Crippen molar-refractivity contribution >= 4 is 11.6 Å². The summed E-state index contributed by atoms with van der Waals surface area (Å²) >= 11 is 0.